The van der Waals surface area contributed by atoms with Gasteiger partial charge < -0.3 is 0 Å². The summed E-state index contributed by atoms with van der Waals surface area (Å²) >= 11 is 0. The molecule has 0 fully saturated rings. The molecule has 1 heteroatoms. The topological polar surface area (TPSA) is 12.9 Å². The van der Waals surface area contributed by atoms with Crippen LogP contribution in [0.1, 0.15) is 60.9 Å². The number of hydrogen-bond donors (Lipinski definition) is 0. The van der Waals surface area contributed by atoms with E-state index in [-0.39, 0.29) is 0 Å². The average Bonchev–Trinajstić information content (AvgIpc) is 2.60. The highest BCUT2D eigenvalue weighted by atomic mass is 14.7. The van der Waals surface area contributed by atoms with Crippen LogP contribution in [-0.2, 0) is 6.42 Å². The highest BCUT2D eigenvalue weighted by Gasteiger charge is 2.15. The van der Waals surface area contributed by atoms with Crippen molar-refractivity contribution in [1.29, 1.82) is 0 Å². The lowest BCUT2D eigenvalue weighted by atomic mass is 9.87. The molecule has 2 rings (SSSR count). The van der Waals surface area contributed by atoms with Crippen LogP contribution in [-0.4, -0.2) is 4.98 Å². The molecule has 1 atom stereocenters. The molecule has 0 aliphatic carbocycles. The van der Waals surface area contributed by atoms with Gasteiger partial charge in [0.15, 0.2) is 0 Å². The van der Waals surface area contributed by atoms with Gasteiger partial charge in [0.1, 0.15) is 0 Å². The van der Waals surface area contributed by atoms with Crippen molar-refractivity contribution < 1.29 is 0 Å². The largest absolute Gasteiger partial charge is 0.261 e. The molecule has 0 amide bonds. The molecule has 23 heavy (non-hydrogen) atoms. The SMILES string of the molecule is C#CCCC(CCC)c1cccnc1Cc1ccccc1C=C. The van der Waals surface area contributed by atoms with Gasteiger partial charge in [-0.3, -0.25) is 4.98 Å². The van der Waals surface area contributed by atoms with E-state index < -0.39 is 0 Å². The molecule has 1 aromatic carbocycles. The maximum atomic E-state index is 5.47. The van der Waals surface area contributed by atoms with Gasteiger partial charge in [0.05, 0.1) is 0 Å². The van der Waals surface area contributed by atoms with E-state index in [0.717, 1.165) is 37.8 Å². The molecule has 0 saturated carbocycles. The number of nitrogens with zero attached hydrogens (tertiary/aromatic N) is 1. The molecule has 1 nitrogen and oxygen atoms in total. The standard InChI is InChI=1S/C22H25N/c1-4-7-12-19(11-5-2)21-15-10-16-23-22(21)17-20-14-9-8-13-18(20)6-3/h1,6,8-10,13-16,19H,3,5,7,11-12,17H2,2H3. The molecular weight excluding hydrogens is 278 g/mol. The quantitative estimate of drug-likeness (QED) is 0.577. The number of aromatic nitrogens is 1. The Hall–Kier alpha value is -2.33. The lowest BCUT2D eigenvalue weighted by Gasteiger charge is -2.19. The summed E-state index contributed by atoms with van der Waals surface area (Å²) in [6, 6.07) is 12.6. The van der Waals surface area contributed by atoms with Crippen LogP contribution >= 0.6 is 0 Å². The minimum absolute atomic E-state index is 0.496. The number of benzene rings is 1. The predicted molar refractivity (Wildman–Crippen MR) is 99.3 cm³/mol. The van der Waals surface area contributed by atoms with Crippen LogP contribution in [0.4, 0.5) is 0 Å². The third-order valence-corrected chi connectivity index (χ3v) is 4.27. The van der Waals surface area contributed by atoms with E-state index in [1.165, 1.54) is 16.7 Å². The molecular formula is C22H25N. The van der Waals surface area contributed by atoms with Crippen molar-refractivity contribution in [2.75, 3.05) is 0 Å². The van der Waals surface area contributed by atoms with Crippen LogP contribution in [0.25, 0.3) is 6.08 Å². The first-order chi connectivity index (χ1) is 11.3. The fourth-order valence-corrected chi connectivity index (χ4v) is 3.11. The number of hydrogen-bond acceptors (Lipinski definition) is 1. The summed E-state index contributed by atoms with van der Waals surface area (Å²) in [5.74, 6) is 3.28. The molecule has 0 aliphatic rings. The van der Waals surface area contributed by atoms with E-state index in [0.29, 0.717) is 5.92 Å². The first-order valence-corrected chi connectivity index (χ1v) is 8.37. The summed E-state index contributed by atoms with van der Waals surface area (Å²) in [6.45, 7) is 6.15. The molecule has 1 unspecified atom stereocenters. The van der Waals surface area contributed by atoms with E-state index >= 15 is 0 Å². The van der Waals surface area contributed by atoms with Crippen LogP contribution in [0.5, 0.6) is 0 Å². The average molecular weight is 303 g/mol. The lowest BCUT2D eigenvalue weighted by Crippen LogP contribution is -2.06. The van der Waals surface area contributed by atoms with E-state index in [9.17, 15) is 0 Å². The first kappa shape index (κ1) is 17.0. The summed E-state index contributed by atoms with van der Waals surface area (Å²) in [7, 11) is 0. The van der Waals surface area contributed by atoms with Crippen LogP contribution in [0.2, 0.25) is 0 Å². The molecule has 0 N–H and O–H groups in total. The molecule has 0 saturated heterocycles. The Morgan fingerprint density at radius 2 is 2.04 bits per heavy atom. The summed E-state index contributed by atoms with van der Waals surface area (Å²) in [6.07, 6.45) is 14.3. The third kappa shape index (κ3) is 4.57. The Kier molecular flexibility index (Phi) is 6.63. The third-order valence-electron chi connectivity index (χ3n) is 4.27. The molecule has 0 aliphatic heterocycles. The van der Waals surface area contributed by atoms with E-state index in [2.05, 4.69) is 48.7 Å². The normalized spacial score (nSPS) is 11.7. The zero-order valence-corrected chi connectivity index (χ0v) is 14.0. The van der Waals surface area contributed by atoms with E-state index in [4.69, 9.17) is 6.42 Å². The summed E-state index contributed by atoms with van der Waals surface area (Å²) < 4.78 is 0. The van der Waals surface area contributed by atoms with Crippen molar-refractivity contribution in [1.82, 2.24) is 4.98 Å². The molecule has 0 spiro atoms. The van der Waals surface area contributed by atoms with Gasteiger partial charge >= 0.3 is 0 Å². The molecule has 118 valence electrons. The monoisotopic (exact) mass is 303 g/mol. The number of rotatable bonds is 8. The van der Waals surface area contributed by atoms with Gasteiger partial charge in [-0.25, -0.2) is 0 Å². The van der Waals surface area contributed by atoms with Gasteiger partial charge in [-0.2, -0.15) is 0 Å². The minimum Gasteiger partial charge on any atom is -0.261 e. The van der Waals surface area contributed by atoms with E-state index in [1.54, 1.807) is 0 Å². The van der Waals surface area contributed by atoms with Crippen LogP contribution in [0, 0.1) is 12.3 Å². The maximum absolute atomic E-state index is 5.47. The molecule has 0 radical (unpaired) electrons. The second-order valence-corrected chi connectivity index (χ2v) is 5.85. The maximum Gasteiger partial charge on any atom is 0.0482 e. The number of terminal acetylenes is 1. The predicted octanol–water partition coefficient (Wildman–Crippen LogP) is 5.61. The van der Waals surface area contributed by atoms with Gasteiger partial charge in [-0.15, -0.1) is 12.3 Å². The Labute approximate surface area is 140 Å². The second kappa shape index (κ2) is 8.96. The minimum atomic E-state index is 0.496. The van der Waals surface area contributed by atoms with Crippen molar-refractivity contribution in [3.05, 3.63) is 71.6 Å². The summed E-state index contributed by atoms with van der Waals surface area (Å²) in [5, 5.41) is 0. The van der Waals surface area contributed by atoms with Crippen molar-refractivity contribution >= 4 is 6.08 Å². The fraction of sp³-hybridized carbons (Fsp3) is 0.318. The van der Waals surface area contributed by atoms with Gasteiger partial charge in [0.2, 0.25) is 0 Å². The fourth-order valence-electron chi connectivity index (χ4n) is 3.11. The van der Waals surface area contributed by atoms with E-state index in [1.807, 2.05) is 24.4 Å². The van der Waals surface area contributed by atoms with Gasteiger partial charge in [-0.05, 0) is 41.5 Å². The number of pyridine rings is 1. The zero-order chi connectivity index (χ0) is 16.5. The Morgan fingerprint density at radius 3 is 2.78 bits per heavy atom. The highest BCUT2D eigenvalue weighted by molar-refractivity contribution is 5.53. The lowest BCUT2D eigenvalue weighted by molar-refractivity contribution is 0.571. The Bertz CT molecular complexity index is 678. The molecule has 1 aromatic heterocycles. The van der Waals surface area contributed by atoms with Gasteiger partial charge in [-0.1, -0.05) is 56.3 Å². The Balaban J connectivity index is 2.32. The van der Waals surface area contributed by atoms with Gasteiger partial charge in [0, 0.05) is 24.7 Å². The van der Waals surface area contributed by atoms with Crippen LogP contribution < -0.4 is 0 Å². The van der Waals surface area contributed by atoms with Gasteiger partial charge in [0.25, 0.3) is 0 Å². The highest BCUT2D eigenvalue weighted by Crippen LogP contribution is 2.29. The summed E-state index contributed by atoms with van der Waals surface area (Å²) in [4.78, 5) is 4.67. The van der Waals surface area contributed by atoms with Crippen molar-refractivity contribution in [2.24, 2.45) is 0 Å². The molecule has 0 bridgehead atoms. The molecule has 2 aromatic rings. The van der Waals surface area contributed by atoms with Crippen LogP contribution in [0.3, 0.4) is 0 Å². The van der Waals surface area contributed by atoms with Crippen molar-refractivity contribution in [2.45, 2.75) is 44.9 Å². The molecule has 1 heterocycles. The van der Waals surface area contributed by atoms with Crippen molar-refractivity contribution in [3.8, 4) is 12.3 Å². The van der Waals surface area contributed by atoms with Crippen LogP contribution in [0.15, 0.2) is 49.2 Å². The Morgan fingerprint density at radius 1 is 1.22 bits per heavy atom. The second-order valence-electron chi connectivity index (χ2n) is 5.85. The van der Waals surface area contributed by atoms with Crippen molar-refractivity contribution in [3.63, 3.8) is 0 Å². The smallest absolute Gasteiger partial charge is 0.0482 e. The zero-order valence-electron chi connectivity index (χ0n) is 14.0. The first-order valence-electron chi connectivity index (χ1n) is 8.37. The summed E-state index contributed by atoms with van der Waals surface area (Å²) in [5.41, 5.74) is 4.97.